The van der Waals surface area contributed by atoms with Gasteiger partial charge in [-0.3, -0.25) is 0 Å². The average Bonchev–Trinajstić information content (AvgIpc) is 2.46. The van der Waals surface area contributed by atoms with Crippen molar-refractivity contribution in [2.24, 2.45) is 0 Å². The van der Waals surface area contributed by atoms with E-state index in [1.165, 1.54) is 0 Å². The quantitative estimate of drug-likeness (QED) is 0.475. The smallest absolute Gasteiger partial charge is 0.0760 e. The summed E-state index contributed by atoms with van der Waals surface area (Å²) in [5, 5.41) is 9.27. The third-order valence-electron chi connectivity index (χ3n) is 2.48. The minimum absolute atomic E-state index is 0.0117. The minimum Gasteiger partial charge on any atom is -0.391 e. The number of aliphatic hydroxyl groups excluding tert-OH is 1. The van der Waals surface area contributed by atoms with Crippen LogP contribution in [0.3, 0.4) is 0 Å². The largest absolute Gasteiger partial charge is 0.391 e. The number of hydrogen-bond donors (Lipinski definition) is 1. The van der Waals surface area contributed by atoms with Gasteiger partial charge < -0.3 is 5.11 Å². The molecule has 2 heteroatoms. The molecule has 0 bridgehead atoms. The third-order valence-corrected chi connectivity index (χ3v) is 2.86. The summed E-state index contributed by atoms with van der Waals surface area (Å²) in [7, 11) is 0. The lowest BCUT2D eigenvalue weighted by Gasteiger charge is -1.95. The molecule has 0 aromatic heterocycles. The van der Waals surface area contributed by atoms with Crippen LogP contribution in [0, 0.1) is 21.7 Å². The molecular weight excluding hydrogens is 347 g/mol. The Morgan fingerprint density at radius 3 is 2.42 bits per heavy atom. The zero-order chi connectivity index (χ0) is 13.8. The van der Waals surface area contributed by atoms with Crippen LogP contribution >= 0.6 is 22.6 Å². The maximum absolute atomic E-state index is 9.27. The first-order valence-electron chi connectivity index (χ1n) is 6.30. The lowest BCUT2D eigenvalue weighted by atomic mass is 10.1. The van der Waals surface area contributed by atoms with E-state index >= 15 is 0 Å². The van der Waals surface area contributed by atoms with Crippen molar-refractivity contribution < 1.29 is 5.11 Å². The summed E-state index contributed by atoms with van der Waals surface area (Å²) in [6, 6.07) is 9.92. The zero-order valence-corrected chi connectivity index (χ0v) is 13.0. The van der Waals surface area contributed by atoms with Gasteiger partial charge in [-0.15, -0.1) is 0 Å². The Balaban J connectivity index is 2.44. The molecule has 0 atom stereocenters. The summed E-state index contributed by atoms with van der Waals surface area (Å²) in [5.41, 5.74) is 1.83. The second-order valence-corrected chi connectivity index (χ2v) is 4.56. The van der Waals surface area contributed by atoms with Crippen LogP contribution in [0.1, 0.15) is 31.2 Å². The normalized spacial score (nSPS) is 10.1. The molecule has 19 heavy (non-hydrogen) atoms. The summed E-state index contributed by atoms with van der Waals surface area (Å²) in [6.45, 7) is -0.0117. The van der Waals surface area contributed by atoms with Crippen LogP contribution in [-0.4, -0.2) is 11.7 Å². The van der Waals surface area contributed by atoms with Gasteiger partial charge in [-0.1, -0.05) is 48.1 Å². The molecule has 1 aromatic carbocycles. The van der Waals surface area contributed by atoms with Gasteiger partial charge in [0.25, 0.3) is 0 Å². The molecule has 0 radical (unpaired) electrons. The fraction of sp³-hybridized carbons (Fsp3) is 0.294. The fourth-order valence-corrected chi connectivity index (χ4v) is 1.79. The third kappa shape index (κ3) is 7.72. The highest BCUT2D eigenvalue weighted by Crippen LogP contribution is 2.05. The van der Waals surface area contributed by atoms with Gasteiger partial charge in [0.05, 0.1) is 6.61 Å². The molecule has 0 spiro atoms. The Hall–Kier alpha value is -1.23. The molecule has 1 rings (SSSR count). The summed E-state index contributed by atoms with van der Waals surface area (Å²) in [4.78, 5) is 0. The molecule has 98 valence electrons. The second kappa shape index (κ2) is 10.7. The van der Waals surface area contributed by atoms with E-state index in [4.69, 9.17) is 0 Å². The Morgan fingerprint density at radius 1 is 1.11 bits per heavy atom. The molecule has 0 aliphatic heterocycles. The summed E-state index contributed by atoms with van der Waals surface area (Å²) in [5.74, 6) is 9.17. The van der Waals surface area contributed by atoms with Gasteiger partial charge in [0.1, 0.15) is 0 Å². The van der Waals surface area contributed by atoms with Gasteiger partial charge in [-0.2, -0.15) is 0 Å². The molecule has 1 aromatic rings. The van der Waals surface area contributed by atoms with Crippen LogP contribution in [-0.2, 0) is 0 Å². The van der Waals surface area contributed by atoms with Crippen molar-refractivity contribution in [2.45, 2.75) is 25.7 Å². The maximum Gasteiger partial charge on any atom is 0.0760 e. The van der Waals surface area contributed by atoms with Crippen molar-refractivity contribution in [1.29, 1.82) is 0 Å². The lowest BCUT2D eigenvalue weighted by molar-refractivity contribution is 0.337. The maximum atomic E-state index is 9.27. The van der Waals surface area contributed by atoms with E-state index in [0.29, 0.717) is 0 Å². The number of halogens is 1. The van der Waals surface area contributed by atoms with Crippen LogP contribution in [0.5, 0.6) is 0 Å². The van der Waals surface area contributed by atoms with Crippen molar-refractivity contribution >= 4 is 28.7 Å². The molecule has 0 amide bonds. The number of unbranched alkanes of at least 4 members (excludes halogenated alkanes) is 3. The van der Waals surface area contributed by atoms with Gasteiger partial charge in [-0.25, -0.2) is 0 Å². The van der Waals surface area contributed by atoms with E-state index in [0.717, 1.165) is 36.8 Å². The van der Waals surface area contributed by atoms with Gasteiger partial charge in [0, 0.05) is 41.0 Å². The van der Waals surface area contributed by atoms with E-state index in [-0.39, 0.29) is 6.61 Å². The van der Waals surface area contributed by atoms with Crippen molar-refractivity contribution in [3.05, 3.63) is 41.5 Å². The lowest BCUT2D eigenvalue weighted by Crippen LogP contribution is -1.86. The number of hydrogen-bond acceptors (Lipinski definition) is 1. The van der Waals surface area contributed by atoms with Gasteiger partial charge in [0.15, 0.2) is 0 Å². The summed E-state index contributed by atoms with van der Waals surface area (Å²) >= 11 is 2.06. The molecule has 0 saturated heterocycles. The second-order valence-electron chi connectivity index (χ2n) is 4.02. The first-order chi connectivity index (χ1) is 9.36. The van der Waals surface area contributed by atoms with Gasteiger partial charge >= 0.3 is 0 Å². The van der Waals surface area contributed by atoms with Crippen LogP contribution in [0.15, 0.2) is 35.9 Å². The van der Waals surface area contributed by atoms with Crippen molar-refractivity contribution in [2.75, 3.05) is 6.61 Å². The first-order valence-corrected chi connectivity index (χ1v) is 7.38. The van der Waals surface area contributed by atoms with Gasteiger partial charge in [-0.05, 0) is 28.4 Å². The Bertz CT molecular complexity index is 509. The molecule has 0 saturated carbocycles. The Kier molecular flexibility index (Phi) is 8.89. The molecule has 1 nitrogen and oxygen atoms in total. The highest BCUT2D eigenvalue weighted by Gasteiger charge is 1.91. The summed E-state index contributed by atoms with van der Waals surface area (Å²) < 4.78 is 2.86. The average molecular weight is 364 g/mol. The van der Waals surface area contributed by atoms with Crippen LogP contribution in [0.2, 0.25) is 0 Å². The Morgan fingerprint density at radius 2 is 1.79 bits per heavy atom. The molecule has 0 aliphatic carbocycles. The standard InChI is InChI=1S/C17H17IO/c18-13-9-4-2-1-3-6-12-17(15-19)14-16-10-7-5-8-11-16/h5,7-8,10-11,14,19H,1-4,15H2/b17-14+. The summed E-state index contributed by atoms with van der Waals surface area (Å²) in [6.07, 6.45) is 5.87. The van der Waals surface area contributed by atoms with E-state index in [9.17, 15) is 5.11 Å². The number of aliphatic hydroxyl groups is 1. The predicted molar refractivity (Wildman–Crippen MR) is 89.5 cm³/mol. The SMILES string of the molecule is OC/C(C#CCCCCC#CI)=C/c1ccccc1. The van der Waals surface area contributed by atoms with E-state index in [1.54, 1.807) is 0 Å². The van der Waals surface area contributed by atoms with Crippen LogP contribution < -0.4 is 0 Å². The van der Waals surface area contributed by atoms with Crippen molar-refractivity contribution in [1.82, 2.24) is 0 Å². The van der Waals surface area contributed by atoms with Crippen molar-refractivity contribution in [3.63, 3.8) is 0 Å². The molecular formula is C17H17IO. The monoisotopic (exact) mass is 364 g/mol. The van der Waals surface area contributed by atoms with Crippen LogP contribution in [0.4, 0.5) is 0 Å². The van der Waals surface area contributed by atoms with Crippen molar-refractivity contribution in [3.8, 4) is 21.7 Å². The predicted octanol–water partition coefficient (Wildman–Crippen LogP) is 4.02. The highest BCUT2D eigenvalue weighted by atomic mass is 127. The zero-order valence-electron chi connectivity index (χ0n) is 10.8. The molecule has 0 heterocycles. The molecule has 1 N–H and O–H groups in total. The van der Waals surface area contributed by atoms with E-state index < -0.39 is 0 Å². The number of benzene rings is 1. The Labute approximate surface area is 129 Å². The topological polar surface area (TPSA) is 20.2 Å². The fourth-order valence-electron chi connectivity index (χ4n) is 1.52. The first kappa shape index (κ1) is 15.8. The van der Waals surface area contributed by atoms with E-state index in [1.807, 2.05) is 36.4 Å². The molecule has 0 unspecified atom stereocenters. The van der Waals surface area contributed by atoms with E-state index in [2.05, 4.69) is 44.3 Å². The van der Waals surface area contributed by atoms with Gasteiger partial charge in [0.2, 0.25) is 0 Å². The molecule has 0 fully saturated rings. The van der Waals surface area contributed by atoms with Crippen LogP contribution in [0.25, 0.3) is 6.08 Å². The minimum atomic E-state index is -0.0117. The number of rotatable bonds is 5. The molecule has 0 aliphatic rings. The highest BCUT2D eigenvalue weighted by molar-refractivity contribution is 14.1.